The molecule has 1 aromatic rings. The van der Waals surface area contributed by atoms with Gasteiger partial charge in [0.2, 0.25) is 0 Å². The molecule has 0 aromatic carbocycles. The van der Waals surface area contributed by atoms with Crippen molar-refractivity contribution in [2.75, 3.05) is 25.4 Å². The molecule has 0 aliphatic carbocycles. The lowest BCUT2D eigenvalue weighted by molar-refractivity contribution is 0.269. The molecule has 3 atom stereocenters. The minimum absolute atomic E-state index is 0.683. The molecular formula is C14H23N3S. The minimum atomic E-state index is 0.683. The number of aromatic nitrogens is 2. The van der Waals surface area contributed by atoms with Crippen molar-refractivity contribution in [3.8, 4) is 0 Å². The zero-order valence-corrected chi connectivity index (χ0v) is 12.0. The summed E-state index contributed by atoms with van der Waals surface area (Å²) < 4.78 is 0. The van der Waals surface area contributed by atoms with Crippen LogP contribution in [0.3, 0.4) is 0 Å². The summed E-state index contributed by atoms with van der Waals surface area (Å²) in [5, 5.41) is 7.66. The standard InChI is InChI=1S/C14H23N3S/c1-2-3-7-18-13-8-15-16-14(13)12-10-17-6-4-5-11(12)9-17/h8,11-12H,2-7,9-10H2,1H3,(H,15,16). The van der Waals surface area contributed by atoms with Crippen LogP contribution in [0.4, 0.5) is 0 Å². The lowest BCUT2D eigenvalue weighted by atomic mass is 9.89. The van der Waals surface area contributed by atoms with Gasteiger partial charge >= 0.3 is 0 Å². The molecule has 100 valence electrons. The monoisotopic (exact) mass is 265 g/mol. The van der Waals surface area contributed by atoms with Crippen molar-refractivity contribution >= 4 is 11.8 Å². The first-order chi connectivity index (χ1) is 8.88. The number of rotatable bonds is 5. The first-order valence-electron chi connectivity index (χ1n) is 7.27. The highest BCUT2D eigenvalue weighted by atomic mass is 32.2. The molecule has 0 radical (unpaired) electrons. The second kappa shape index (κ2) is 5.66. The van der Waals surface area contributed by atoms with E-state index in [2.05, 4.69) is 28.2 Å². The Morgan fingerprint density at radius 2 is 2.44 bits per heavy atom. The number of unbranched alkanes of at least 4 members (excludes halogenated alkanes) is 1. The van der Waals surface area contributed by atoms with Crippen LogP contribution in [0, 0.1) is 5.92 Å². The van der Waals surface area contributed by atoms with E-state index in [1.54, 1.807) is 0 Å². The molecule has 2 fully saturated rings. The Labute approximate surface area is 114 Å². The van der Waals surface area contributed by atoms with Gasteiger partial charge in [-0.2, -0.15) is 5.10 Å². The van der Waals surface area contributed by atoms with E-state index in [1.165, 1.54) is 61.7 Å². The number of H-pyrrole nitrogens is 1. The average Bonchev–Trinajstić information content (AvgIpc) is 2.95. The highest BCUT2D eigenvalue weighted by molar-refractivity contribution is 7.99. The fourth-order valence-electron chi connectivity index (χ4n) is 3.32. The van der Waals surface area contributed by atoms with Crippen LogP contribution >= 0.6 is 11.8 Å². The van der Waals surface area contributed by atoms with Gasteiger partial charge in [-0.05, 0) is 37.5 Å². The van der Waals surface area contributed by atoms with Gasteiger partial charge in [0.1, 0.15) is 0 Å². The van der Waals surface area contributed by atoms with Gasteiger partial charge in [-0.3, -0.25) is 5.10 Å². The van der Waals surface area contributed by atoms with Crippen molar-refractivity contribution < 1.29 is 0 Å². The van der Waals surface area contributed by atoms with E-state index < -0.39 is 0 Å². The molecular weight excluding hydrogens is 242 g/mol. The van der Waals surface area contributed by atoms with Crippen LogP contribution in [-0.4, -0.2) is 40.5 Å². The van der Waals surface area contributed by atoms with Gasteiger partial charge in [0.25, 0.3) is 0 Å². The van der Waals surface area contributed by atoms with Crippen LogP contribution in [0.2, 0.25) is 0 Å². The minimum Gasteiger partial charge on any atom is -0.302 e. The Morgan fingerprint density at radius 3 is 3.28 bits per heavy atom. The number of nitrogens with zero attached hydrogens (tertiary/aromatic N) is 2. The molecule has 3 rings (SSSR count). The Bertz CT molecular complexity index is 390. The van der Waals surface area contributed by atoms with Crippen LogP contribution in [0.25, 0.3) is 0 Å². The smallest absolute Gasteiger partial charge is 0.0804 e. The molecule has 1 N–H and O–H groups in total. The van der Waals surface area contributed by atoms with Crippen LogP contribution in [0.1, 0.15) is 44.2 Å². The van der Waals surface area contributed by atoms with Crippen molar-refractivity contribution in [1.29, 1.82) is 0 Å². The molecule has 1 aromatic heterocycles. The number of nitrogens with one attached hydrogen (secondary N) is 1. The first kappa shape index (κ1) is 12.5. The van der Waals surface area contributed by atoms with Crippen molar-refractivity contribution in [2.45, 2.75) is 43.4 Å². The van der Waals surface area contributed by atoms with Gasteiger partial charge in [0, 0.05) is 30.1 Å². The summed E-state index contributed by atoms with van der Waals surface area (Å²) in [4.78, 5) is 4.02. The lowest BCUT2D eigenvalue weighted by Crippen LogP contribution is -2.25. The van der Waals surface area contributed by atoms with E-state index in [0.29, 0.717) is 5.92 Å². The summed E-state index contributed by atoms with van der Waals surface area (Å²) in [7, 11) is 0. The van der Waals surface area contributed by atoms with E-state index in [4.69, 9.17) is 0 Å². The van der Waals surface area contributed by atoms with Crippen LogP contribution in [0.15, 0.2) is 11.1 Å². The molecule has 0 spiro atoms. The molecule has 0 amide bonds. The molecule has 4 heteroatoms. The van der Waals surface area contributed by atoms with E-state index in [-0.39, 0.29) is 0 Å². The summed E-state index contributed by atoms with van der Waals surface area (Å²) >= 11 is 1.99. The summed E-state index contributed by atoms with van der Waals surface area (Å²) in [5.74, 6) is 2.76. The van der Waals surface area contributed by atoms with E-state index in [1.807, 2.05) is 11.8 Å². The molecule has 2 bridgehead atoms. The molecule has 18 heavy (non-hydrogen) atoms. The van der Waals surface area contributed by atoms with Crippen molar-refractivity contribution in [3.05, 3.63) is 11.9 Å². The molecule has 2 aliphatic heterocycles. The lowest BCUT2D eigenvalue weighted by Gasteiger charge is -2.21. The summed E-state index contributed by atoms with van der Waals surface area (Å²) in [6.07, 6.45) is 7.46. The fraction of sp³-hybridized carbons (Fsp3) is 0.786. The number of piperidine rings is 1. The quantitative estimate of drug-likeness (QED) is 0.656. The maximum absolute atomic E-state index is 4.56. The van der Waals surface area contributed by atoms with Crippen molar-refractivity contribution in [1.82, 2.24) is 15.1 Å². The normalized spacial score (nSPS) is 30.8. The number of hydrogen-bond acceptors (Lipinski definition) is 3. The zero-order chi connectivity index (χ0) is 12.4. The summed E-state index contributed by atoms with van der Waals surface area (Å²) in [6, 6.07) is 0. The van der Waals surface area contributed by atoms with Gasteiger partial charge in [0.05, 0.1) is 5.69 Å². The fourth-order valence-corrected chi connectivity index (χ4v) is 4.45. The Balaban J connectivity index is 1.70. The third-order valence-electron chi connectivity index (χ3n) is 4.31. The van der Waals surface area contributed by atoms with E-state index >= 15 is 0 Å². The predicted molar refractivity (Wildman–Crippen MR) is 76.1 cm³/mol. The highest BCUT2D eigenvalue weighted by Gasteiger charge is 2.38. The SMILES string of the molecule is CCCCSc1c[nH]nc1C1CN2CCCC1C2. The van der Waals surface area contributed by atoms with E-state index in [9.17, 15) is 0 Å². The van der Waals surface area contributed by atoms with Crippen LogP contribution < -0.4 is 0 Å². The number of fused-ring (bicyclic) bond motifs is 2. The largest absolute Gasteiger partial charge is 0.302 e. The predicted octanol–water partition coefficient (Wildman–Crippen LogP) is 3.11. The van der Waals surface area contributed by atoms with Crippen LogP contribution in [0.5, 0.6) is 0 Å². The van der Waals surface area contributed by atoms with Gasteiger partial charge in [-0.1, -0.05) is 13.3 Å². The summed E-state index contributed by atoms with van der Waals surface area (Å²) in [6.45, 7) is 6.09. The van der Waals surface area contributed by atoms with Crippen molar-refractivity contribution in [3.63, 3.8) is 0 Å². The second-order valence-corrected chi connectivity index (χ2v) is 6.74. The maximum atomic E-state index is 4.56. The number of hydrogen-bond donors (Lipinski definition) is 1. The highest BCUT2D eigenvalue weighted by Crippen LogP contribution is 2.41. The van der Waals surface area contributed by atoms with Gasteiger partial charge < -0.3 is 4.90 Å². The summed E-state index contributed by atoms with van der Waals surface area (Å²) in [5.41, 5.74) is 1.35. The third-order valence-corrected chi connectivity index (χ3v) is 5.44. The van der Waals surface area contributed by atoms with Gasteiger partial charge in [0.15, 0.2) is 0 Å². The van der Waals surface area contributed by atoms with Gasteiger partial charge in [-0.15, -0.1) is 11.8 Å². The Hall–Kier alpha value is -0.480. The van der Waals surface area contributed by atoms with Crippen LogP contribution in [-0.2, 0) is 0 Å². The first-order valence-corrected chi connectivity index (χ1v) is 8.26. The molecule has 2 saturated heterocycles. The second-order valence-electron chi connectivity index (χ2n) is 5.61. The molecule has 3 nitrogen and oxygen atoms in total. The third kappa shape index (κ3) is 2.45. The molecule has 0 saturated carbocycles. The number of aromatic amines is 1. The number of thioether (sulfide) groups is 1. The zero-order valence-electron chi connectivity index (χ0n) is 11.2. The van der Waals surface area contributed by atoms with Crippen molar-refractivity contribution in [2.24, 2.45) is 5.92 Å². The average molecular weight is 265 g/mol. The Kier molecular flexibility index (Phi) is 3.94. The maximum Gasteiger partial charge on any atom is 0.0804 e. The topological polar surface area (TPSA) is 31.9 Å². The van der Waals surface area contributed by atoms with E-state index in [0.717, 1.165) is 5.92 Å². The molecule has 3 heterocycles. The van der Waals surface area contributed by atoms with Gasteiger partial charge in [-0.25, -0.2) is 0 Å². The Morgan fingerprint density at radius 1 is 1.50 bits per heavy atom. The molecule has 2 aliphatic rings. The molecule has 3 unspecified atom stereocenters.